The van der Waals surface area contributed by atoms with Gasteiger partial charge in [-0.15, -0.1) is 0 Å². The quantitative estimate of drug-likeness (QED) is 0.653. The van der Waals surface area contributed by atoms with E-state index in [1.807, 2.05) is 12.1 Å². The number of hydrogen-bond donors (Lipinski definition) is 1. The molecule has 1 aliphatic rings. The van der Waals surface area contributed by atoms with E-state index in [0.717, 1.165) is 10.9 Å². The number of carbonyl (C=O) groups is 3. The summed E-state index contributed by atoms with van der Waals surface area (Å²) >= 11 is 0. The molecule has 2 amide bonds. The maximum Gasteiger partial charge on any atom is 0.309 e. The van der Waals surface area contributed by atoms with Crippen LogP contribution in [0.2, 0.25) is 0 Å². The van der Waals surface area contributed by atoms with E-state index in [1.165, 1.54) is 6.26 Å². The summed E-state index contributed by atoms with van der Waals surface area (Å²) in [5, 5.41) is 3.57. The van der Waals surface area contributed by atoms with Crippen molar-refractivity contribution in [1.29, 1.82) is 0 Å². The Labute approximate surface area is 172 Å². The minimum Gasteiger partial charge on any atom is -0.459 e. The molecule has 154 valence electrons. The fourth-order valence-electron chi connectivity index (χ4n) is 3.53. The summed E-state index contributed by atoms with van der Waals surface area (Å²) in [5.41, 5.74) is 1.38. The Kier molecular flexibility index (Phi) is 5.74. The lowest BCUT2D eigenvalue weighted by Gasteiger charge is -2.30. The molecule has 0 aliphatic carbocycles. The number of likely N-dealkylation sites (tertiary alicyclic amines) is 1. The summed E-state index contributed by atoms with van der Waals surface area (Å²) in [6.07, 6.45) is 4.12. The van der Waals surface area contributed by atoms with Crippen LogP contribution in [-0.4, -0.2) is 47.4 Å². The van der Waals surface area contributed by atoms with Gasteiger partial charge in [0.15, 0.2) is 12.4 Å². The van der Waals surface area contributed by atoms with E-state index in [4.69, 9.17) is 9.15 Å². The lowest BCUT2D eigenvalue weighted by molar-refractivity contribution is -0.152. The number of benzene rings is 1. The highest BCUT2D eigenvalue weighted by Gasteiger charge is 2.30. The summed E-state index contributed by atoms with van der Waals surface area (Å²) in [6, 6.07) is 12.4. The zero-order valence-corrected chi connectivity index (χ0v) is 16.2. The fourth-order valence-corrected chi connectivity index (χ4v) is 3.53. The lowest BCUT2D eigenvalue weighted by atomic mass is 9.97. The van der Waals surface area contributed by atoms with Gasteiger partial charge in [-0.25, -0.2) is 0 Å². The summed E-state index contributed by atoms with van der Waals surface area (Å²) in [6.45, 7) is 0.518. The van der Waals surface area contributed by atoms with Crippen LogP contribution in [-0.2, 0) is 14.3 Å². The number of aromatic nitrogens is 1. The Bertz CT molecular complexity index is 1050. The minimum atomic E-state index is -0.421. The molecule has 0 atom stereocenters. The maximum atomic E-state index is 12.3. The Balaban J connectivity index is 1.26. The second-order valence-electron chi connectivity index (χ2n) is 7.08. The predicted octanol–water partition coefficient (Wildman–Crippen LogP) is 2.86. The van der Waals surface area contributed by atoms with Crippen molar-refractivity contribution in [3.63, 3.8) is 0 Å². The molecule has 1 N–H and O–H groups in total. The molecule has 0 spiro atoms. The van der Waals surface area contributed by atoms with E-state index in [9.17, 15) is 14.4 Å². The molecule has 4 rings (SSSR count). The molecule has 8 nitrogen and oxygen atoms in total. The standard InChI is InChI=1S/C22H21N3O5/c26-20(24-18-6-1-5-17-16(18)4-2-10-23-17)14-30-22(28)15-8-11-25(12-9-15)21(27)19-7-3-13-29-19/h1-7,10,13,15H,8-9,11-12,14H2,(H,24,26). The molecule has 0 radical (unpaired) electrons. The third kappa shape index (κ3) is 4.32. The van der Waals surface area contributed by atoms with Crippen molar-refractivity contribution >= 4 is 34.4 Å². The number of pyridine rings is 1. The number of hydrogen-bond acceptors (Lipinski definition) is 6. The Hall–Kier alpha value is -3.68. The van der Waals surface area contributed by atoms with Gasteiger partial charge in [-0.1, -0.05) is 6.07 Å². The van der Waals surface area contributed by atoms with Crippen molar-refractivity contribution in [3.8, 4) is 0 Å². The summed E-state index contributed by atoms with van der Waals surface area (Å²) in [5.74, 6) is -1.06. The van der Waals surface area contributed by atoms with Crippen LogP contribution in [0.25, 0.3) is 10.9 Å². The molecule has 1 aromatic carbocycles. The van der Waals surface area contributed by atoms with Crippen molar-refractivity contribution in [3.05, 3.63) is 60.7 Å². The van der Waals surface area contributed by atoms with Crippen LogP contribution in [0.4, 0.5) is 5.69 Å². The normalized spacial score (nSPS) is 14.5. The third-order valence-electron chi connectivity index (χ3n) is 5.11. The number of amides is 2. The van der Waals surface area contributed by atoms with Gasteiger partial charge in [0.1, 0.15) is 0 Å². The molecule has 2 aromatic heterocycles. The van der Waals surface area contributed by atoms with Crippen molar-refractivity contribution < 1.29 is 23.5 Å². The van der Waals surface area contributed by atoms with Crippen LogP contribution < -0.4 is 5.32 Å². The molecule has 1 aliphatic heterocycles. The van der Waals surface area contributed by atoms with Gasteiger partial charge in [0.05, 0.1) is 23.4 Å². The number of nitrogens with zero attached hydrogens (tertiary/aromatic N) is 2. The molecule has 8 heteroatoms. The van der Waals surface area contributed by atoms with Crippen molar-refractivity contribution in [2.75, 3.05) is 25.0 Å². The first-order valence-corrected chi connectivity index (χ1v) is 9.75. The number of anilines is 1. The monoisotopic (exact) mass is 407 g/mol. The number of ether oxygens (including phenoxy) is 1. The first kappa shape index (κ1) is 19.6. The van der Waals surface area contributed by atoms with Gasteiger partial charge < -0.3 is 19.4 Å². The molecular formula is C22H21N3O5. The van der Waals surface area contributed by atoms with Gasteiger partial charge in [0.2, 0.25) is 0 Å². The van der Waals surface area contributed by atoms with Crippen LogP contribution in [0, 0.1) is 5.92 Å². The van der Waals surface area contributed by atoms with Crippen molar-refractivity contribution in [2.45, 2.75) is 12.8 Å². The first-order valence-electron chi connectivity index (χ1n) is 9.75. The van der Waals surface area contributed by atoms with E-state index in [0.29, 0.717) is 31.6 Å². The van der Waals surface area contributed by atoms with E-state index < -0.39 is 11.9 Å². The second kappa shape index (κ2) is 8.77. The average Bonchev–Trinajstić information content (AvgIpc) is 3.32. The molecule has 0 unspecified atom stereocenters. The zero-order valence-electron chi connectivity index (χ0n) is 16.2. The highest BCUT2D eigenvalue weighted by atomic mass is 16.5. The predicted molar refractivity (Wildman–Crippen MR) is 109 cm³/mol. The molecule has 3 aromatic rings. The van der Waals surface area contributed by atoms with Crippen LogP contribution in [0.5, 0.6) is 0 Å². The van der Waals surface area contributed by atoms with Crippen molar-refractivity contribution in [2.24, 2.45) is 5.92 Å². The zero-order chi connectivity index (χ0) is 20.9. The smallest absolute Gasteiger partial charge is 0.309 e. The topological polar surface area (TPSA) is 102 Å². The van der Waals surface area contributed by atoms with Crippen LogP contribution in [0.3, 0.4) is 0 Å². The molecule has 3 heterocycles. The van der Waals surface area contributed by atoms with Gasteiger partial charge in [0, 0.05) is 24.7 Å². The minimum absolute atomic E-state index is 0.184. The maximum absolute atomic E-state index is 12.3. The average molecular weight is 407 g/mol. The number of esters is 1. The molecular weight excluding hydrogens is 386 g/mol. The van der Waals surface area contributed by atoms with Gasteiger partial charge >= 0.3 is 5.97 Å². The van der Waals surface area contributed by atoms with E-state index in [2.05, 4.69) is 10.3 Å². The number of furan rings is 1. The van der Waals surface area contributed by atoms with Gasteiger partial charge in [-0.05, 0) is 49.2 Å². The van der Waals surface area contributed by atoms with E-state index in [1.54, 1.807) is 41.4 Å². The Morgan fingerprint density at radius 1 is 1.10 bits per heavy atom. The number of fused-ring (bicyclic) bond motifs is 1. The summed E-state index contributed by atoms with van der Waals surface area (Å²) in [7, 11) is 0. The van der Waals surface area contributed by atoms with Crippen molar-refractivity contribution in [1.82, 2.24) is 9.88 Å². The molecule has 30 heavy (non-hydrogen) atoms. The summed E-state index contributed by atoms with van der Waals surface area (Å²) in [4.78, 5) is 42.8. The number of piperidine rings is 1. The number of rotatable bonds is 5. The fraction of sp³-hybridized carbons (Fsp3) is 0.273. The van der Waals surface area contributed by atoms with Gasteiger partial charge in [-0.2, -0.15) is 0 Å². The molecule has 0 bridgehead atoms. The Morgan fingerprint density at radius 3 is 2.70 bits per heavy atom. The first-order chi connectivity index (χ1) is 14.6. The van der Waals surface area contributed by atoms with Crippen LogP contribution in [0.15, 0.2) is 59.3 Å². The summed E-state index contributed by atoms with van der Waals surface area (Å²) < 4.78 is 10.3. The lowest BCUT2D eigenvalue weighted by Crippen LogP contribution is -2.40. The second-order valence-corrected chi connectivity index (χ2v) is 7.08. The van der Waals surface area contributed by atoms with Crippen LogP contribution in [0.1, 0.15) is 23.4 Å². The third-order valence-corrected chi connectivity index (χ3v) is 5.11. The van der Waals surface area contributed by atoms with Gasteiger partial charge in [-0.3, -0.25) is 19.4 Å². The number of carbonyl (C=O) groups excluding carboxylic acids is 3. The Morgan fingerprint density at radius 2 is 1.93 bits per heavy atom. The van der Waals surface area contributed by atoms with E-state index >= 15 is 0 Å². The largest absolute Gasteiger partial charge is 0.459 e. The number of nitrogens with one attached hydrogen (secondary N) is 1. The van der Waals surface area contributed by atoms with Crippen LogP contribution >= 0.6 is 0 Å². The molecule has 0 saturated carbocycles. The van der Waals surface area contributed by atoms with E-state index in [-0.39, 0.29) is 24.2 Å². The highest BCUT2D eigenvalue weighted by molar-refractivity contribution is 6.01. The molecule has 1 fully saturated rings. The molecule has 1 saturated heterocycles. The SMILES string of the molecule is O=C(COC(=O)C1CCN(C(=O)c2ccco2)CC1)Nc1cccc2ncccc12. The van der Waals surface area contributed by atoms with Gasteiger partial charge in [0.25, 0.3) is 11.8 Å². The highest BCUT2D eigenvalue weighted by Crippen LogP contribution is 2.22.